The third-order valence-electron chi connectivity index (χ3n) is 4.46. The number of nitrogens with one attached hydrogen (secondary N) is 1. The van der Waals surface area contributed by atoms with Crippen molar-refractivity contribution in [2.75, 3.05) is 23.4 Å². The van der Waals surface area contributed by atoms with Crippen LogP contribution >= 0.6 is 0 Å². The van der Waals surface area contributed by atoms with Crippen LogP contribution in [0.25, 0.3) is 0 Å². The van der Waals surface area contributed by atoms with E-state index < -0.39 is 17.9 Å². The van der Waals surface area contributed by atoms with Crippen molar-refractivity contribution in [3.8, 4) is 0 Å². The summed E-state index contributed by atoms with van der Waals surface area (Å²) in [4.78, 5) is 13.6. The summed E-state index contributed by atoms with van der Waals surface area (Å²) in [5, 5.41) is 14.1. The van der Waals surface area contributed by atoms with Gasteiger partial charge in [0.2, 0.25) is 5.72 Å². The first-order chi connectivity index (χ1) is 11.7. The van der Waals surface area contributed by atoms with Gasteiger partial charge in [0.05, 0.1) is 18.3 Å². The fourth-order valence-electron chi connectivity index (χ4n) is 3.27. The number of hydrogen-bond donors (Lipinski definition) is 2. The minimum atomic E-state index is -1.20. The summed E-state index contributed by atoms with van der Waals surface area (Å²) < 4.78 is 11.1. The molecule has 0 radical (unpaired) electrons. The first-order valence-electron chi connectivity index (χ1n) is 7.86. The van der Waals surface area contributed by atoms with E-state index in [4.69, 9.17) is 9.47 Å². The Balaban J connectivity index is 1.61. The average molecular weight is 326 g/mol. The normalized spacial score (nSPS) is 29.0. The van der Waals surface area contributed by atoms with Crippen molar-refractivity contribution in [2.24, 2.45) is 0 Å². The zero-order valence-electron chi connectivity index (χ0n) is 13.0. The molecule has 2 aromatic rings. The van der Waals surface area contributed by atoms with E-state index in [2.05, 4.69) is 5.32 Å². The van der Waals surface area contributed by atoms with Gasteiger partial charge in [0, 0.05) is 5.69 Å². The van der Waals surface area contributed by atoms with Crippen molar-refractivity contribution in [1.29, 1.82) is 0 Å². The number of aliphatic hydroxyl groups is 1. The van der Waals surface area contributed by atoms with E-state index >= 15 is 0 Å². The second-order valence-corrected chi connectivity index (χ2v) is 5.94. The van der Waals surface area contributed by atoms with Gasteiger partial charge in [-0.1, -0.05) is 36.4 Å². The zero-order chi connectivity index (χ0) is 16.6. The Kier molecular flexibility index (Phi) is 3.63. The van der Waals surface area contributed by atoms with Crippen molar-refractivity contribution < 1.29 is 19.4 Å². The van der Waals surface area contributed by atoms with E-state index in [0.717, 1.165) is 5.69 Å². The van der Waals surface area contributed by atoms with E-state index in [1.165, 1.54) is 4.90 Å². The largest absolute Gasteiger partial charge is 0.444 e. The average Bonchev–Trinajstić information content (AvgIpc) is 3.12. The highest BCUT2D eigenvalue weighted by atomic mass is 16.6. The van der Waals surface area contributed by atoms with Gasteiger partial charge < -0.3 is 19.9 Å². The second kappa shape index (κ2) is 5.81. The van der Waals surface area contributed by atoms with Crippen molar-refractivity contribution in [3.63, 3.8) is 0 Å². The van der Waals surface area contributed by atoms with Gasteiger partial charge in [-0.3, -0.25) is 0 Å². The summed E-state index contributed by atoms with van der Waals surface area (Å²) in [6.07, 6.45) is -1.44. The fourth-order valence-corrected chi connectivity index (χ4v) is 3.27. The lowest BCUT2D eigenvalue weighted by molar-refractivity contribution is -0.0583. The van der Waals surface area contributed by atoms with E-state index in [1.54, 1.807) is 12.1 Å². The molecule has 0 unspecified atom stereocenters. The molecule has 0 bridgehead atoms. The van der Waals surface area contributed by atoms with Crippen LogP contribution in [0.15, 0.2) is 60.7 Å². The van der Waals surface area contributed by atoms with Crippen molar-refractivity contribution >= 4 is 17.5 Å². The molecule has 4 rings (SSSR count). The molecule has 2 aromatic carbocycles. The standard InChI is InChI=1S/C18H18N2O4/c21-16-15(19-13-7-3-1-4-8-13)11-24-18(16)12-23-17(22)20(18)14-9-5-2-6-10-14/h1-10,15-16,19,21H,11-12H2/t15-,16+,18-/m0/s1. The molecule has 1 spiro atoms. The van der Waals surface area contributed by atoms with Crippen LogP contribution in [0.2, 0.25) is 0 Å². The van der Waals surface area contributed by atoms with Gasteiger partial charge in [-0.2, -0.15) is 0 Å². The smallest absolute Gasteiger partial charge is 0.417 e. The molecule has 3 atom stereocenters. The third kappa shape index (κ3) is 2.31. The number of hydrogen-bond acceptors (Lipinski definition) is 5. The number of nitrogens with zero attached hydrogens (tertiary/aromatic N) is 1. The van der Waals surface area contributed by atoms with Crippen LogP contribution in [0.1, 0.15) is 0 Å². The lowest BCUT2D eigenvalue weighted by atomic mass is 10.0. The first kappa shape index (κ1) is 15.0. The monoisotopic (exact) mass is 326 g/mol. The summed E-state index contributed by atoms with van der Waals surface area (Å²) >= 11 is 0. The van der Waals surface area contributed by atoms with Crippen LogP contribution in [0, 0.1) is 0 Å². The number of aliphatic hydroxyl groups excluding tert-OH is 1. The van der Waals surface area contributed by atoms with E-state index in [1.807, 2.05) is 48.5 Å². The molecule has 1 amide bonds. The Labute approximate surface area is 139 Å². The van der Waals surface area contributed by atoms with Gasteiger partial charge in [-0.05, 0) is 24.3 Å². The predicted molar refractivity (Wildman–Crippen MR) is 88.8 cm³/mol. The Morgan fingerprint density at radius 1 is 1.08 bits per heavy atom. The minimum absolute atomic E-state index is 0.00510. The Morgan fingerprint density at radius 3 is 2.46 bits per heavy atom. The predicted octanol–water partition coefficient (Wildman–Crippen LogP) is 2.21. The van der Waals surface area contributed by atoms with Crippen LogP contribution in [0.5, 0.6) is 0 Å². The van der Waals surface area contributed by atoms with Gasteiger partial charge in [-0.15, -0.1) is 0 Å². The topological polar surface area (TPSA) is 71.0 Å². The number of ether oxygens (including phenoxy) is 2. The molecule has 2 N–H and O–H groups in total. The number of rotatable bonds is 3. The molecule has 6 heteroatoms. The van der Waals surface area contributed by atoms with Crippen LogP contribution < -0.4 is 10.2 Å². The molecule has 24 heavy (non-hydrogen) atoms. The zero-order valence-corrected chi connectivity index (χ0v) is 13.0. The molecule has 2 saturated heterocycles. The number of anilines is 2. The molecular formula is C18H18N2O4. The Bertz CT molecular complexity index is 724. The SMILES string of the molecule is O=C1OC[C@@]2(OC[C@H](Nc3ccccc3)[C@H]2O)N1c1ccccc1. The summed E-state index contributed by atoms with van der Waals surface area (Å²) in [7, 11) is 0. The summed E-state index contributed by atoms with van der Waals surface area (Å²) in [6, 6.07) is 18.4. The first-order valence-corrected chi connectivity index (χ1v) is 7.86. The Morgan fingerprint density at radius 2 is 1.75 bits per heavy atom. The Hall–Kier alpha value is -2.57. The van der Waals surface area contributed by atoms with Gasteiger partial charge in [0.15, 0.2) is 0 Å². The molecule has 2 heterocycles. The summed E-state index contributed by atoms with van der Waals surface area (Å²) in [5.41, 5.74) is 0.323. The maximum absolute atomic E-state index is 12.2. The fraction of sp³-hybridized carbons (Fsp3) is 0.278. The highest BCUT2D eigenvalue weighted by Gasteiger charge is 2.60. The highest BCUT2D eigenvalue weighted by Crippen LogP contribution is 2.39. The molecule has 0 aliphatic carbocycles. The number of benzene rings is 2. The van der Waals surface area contributed by atoms with Crippen LogP contribution in [0.4, 0.5) is 16.2 Å². The molecule has 6 nitrogen and oxygen atoms in total. The number of carbonyl (C=O) groups is 1. The quantitative estimate of drug-likeness (QED) is 0.905. The van der Waals surface area contributed by atoms with Gasteiger partial charge in [0.1, 0.15) is 12.7 Å². The molecule has 124 valence electrons. The third-order valence-corrected chi connectivity index (χ3v) is 4.46. The van der Waals surface area contributed by atoms with Gasteiger partial charge >= 0.3 is 6.09 Å². The maximum atomic E-state index is 12.2. The minimum Gasteiger partial charge on any atom is -0.444 e. The molecule has 2 aliphatic heterocycles. The molecule has 0 aromatic heterocycles. The summed E-state index contributed by atoms with van der Waals surface area (Å²) in [6.45, 7) is 0.269. The van der Waals surface area contributed by atoms with Crippen LogP contribution in [-0.2, 0) is 9.47 Å². The number of para-hydroxylation sites is 2. The highest BCUT2D eigenvalue weighted by molar-refractivity contribution is 5.91. The second-order valence-electron chi connectivity index (χ2n) is 5.94. The van der Waals surface area contributed by atoms with E-state index in [-0.39, 0.29) is 19.3 Å². The molecule has 2 aliphatic rings. The van der Waals surface area contributed by atoms with Crippen molar-refractivity contribution in [2.45, 2.75) is 17.9 Å². The summed E-state index contributed by atoms with van der Waals surface area (Å²) in [5.74, 6) is 0. The molecular weight excluding hydrogens is 308 g/mol. The maximum Gasteiger partial charge on any atom is 0.417 e. The number of cyclic esters (lactones) is 1. The van der Waals surface area contributed by atoms with Crippen LogP contribution in [0.3, 0.4) is 0 Å². The number of carbonyl (C=O) groups excluding carboxylic acids is 1. The lowest BCUT2D eigenvalue weighted by Crippen LogP contribution is -2.57. The van der Waals surface area contributed by atoms with Crippen molar-refractivity contribution in [1.82, 2.24) is 0 Å². The van der Waals surface area contributed by atoms with Gasteiger partial charge in [-0.25, -0.2) is 9.69 Å². The van der Waals surface area contributed by atoms with Gasteiger partial charge in [0.25, 0.3) is 0 Å². The molecule has 2 fully saturated rings. The van der Waals surface area contributed by atoms with Crippen molar-refractivity contribution in [3.05, 3.63) is 60.7 Å². The molecule has 0 saturated carbocycles. The number of amides is 1. The lowest BCUT2D eigenvalue weighted by Gasteiger charge is -2.34. The van der Waals surface area contributed by atoms with E-state index in [9.17, 15) is 9.90 Å². The van der Waals surface area contributed by atoms with E-state index in [0.29, 0.717) is 5.69 Å². The van der Waals surface area contributed by atoms with Crippen LogP contribution in [-0.4, -0.2) is 42.3 Å².